The van der Waals surface area contributed by atoms with E-state index in [1.807, 2.05) is 32.9 Å². The van der Waals surface area contributed by atoms with Crippen molar-refractivity contribution >= 4 is 17.8 Å². The van der Waals surface area contributed by atoms with E-state index in [2.05, 4.69) is 10.6 Å². The van der Waals surface area contributed by atoms with Crippen LogP contribution in [0.25, 0.3) is 0 Å². The van der Waals surface area contributed by atoms with Crippen LogP contribution in [0.1, 0.15) is 46.1 Å². The van der Waals surface area contributed by atoms with Crippen molar-refractivity contribution in [3.8, 4) is 0 Å². The molecule has 26 heavy (non-hydrogen) atoms. The minimum atomic E-state index is -1.17. The average molecular weight is 358 g/mol. The molecule has 0 saturated carbocycles. The summed E-state index contributed by atoms with van der Waals surface area (Å²) < 4.78 is 5.10. The Morgan fingerprint density at radius 2 is 1.73 bits per heavy atom. The molecule has 0 fully saturated rings. The van der Waals surface area contributed by atoms with Gasteiger partial charge in [-0.3, -0.25) is 9.59 Å². The van der Waals surface area contributed by atoms with Crippen LogP contribution >= 0.6 is 0 Å². The summed E-state index contributed by atoms with van der Waals surface area (Å²) in [6.45, 7) is 5.62. The number of carbonyl (C=O) groups is 3. The Hall–Kier alpha value is -3.09. The van der Waals surface area contributed by atoms with E-state index in [9.17, 15) is 14.4 Å². The van der Waals surface area contributed by atoms with Crippen molar-refractivity contribution in [3.05, 3.63) is 59.0 Å². The first-order chi connectivity index (χ1) is 12.3. The topological polar surface area (TPSA) is 109 Å². The quantitative estimate of drug-likeness (QED) is 0.704. The fourth-order valence-electron chi connectivity index (χ4n) is 2.34. The molecule has 138 valence electrons. The summed E-state index contributed by atoms with van der Waals surface area (Å²) in [5, 5.41) is 14.2. The zero-order valence-corrected chi connectivity index (χ0v) is 14.9. The summed E-state index contributed by atoms with van der Waals surface area (Å²) in [7, 11) is 0. The molecule has 1 heterocycles. The summed E-state index contributed by atoms with van der Waals surface area (Å²) in [4.78, 5) is 35.6. The van der Waals surface area contributed by atoms with Crippen molar-refractivity contribution in [1.29, 1.82) is 0 Å². The summed E-state index contributed by atoms with van der Waals surface area (Å²) >= 11 is 0. The molecule has 0 aliphatic rings. The van der Waals surface area contributed by atoms with Gasteiger partial charge >= 0.3 is 5.97 Å². The number of carbonyl (C=O) groups excluding carboxylic acids is 2. The Balaban J connectivity index is 1.98. The predicted molar refractivity (Wildman–Crippen MR) is 94.8 cm³/mol. The lowest BCUT2D eigenvalue weighted by molar-refractivity contribution is -0.124. The molecule has 7 heteroatoms. The third-order valence-corrected chi connectivity index (χ3v) is 3.86. The van der Waals surface area contributed by atoms with E-state index in [-0.39, 0.29) is 30.0 Å². The maximum Gasteiger partial charge on any atom is 0.371 e. The Morgan fingerprint density at radius 1 is 1.08 bits per heavy atom. The van der Waals surface area contributed by atoms with Gasteiger partial charge in [0, 0.05) is 5.56 Å². The van der Waals surface area contributed by atoms with Crippen molar-refractivity contribution in [1.82, 2.24) is 10.6 Å². The van der Waals surface area contributed by atoms with Crippen LogP contribution in [0.4, 0.5) is 0 Å². The minimum Gasteiger partial charge on any atom is -0.475 e. The molecule has 0 radical (unpaired) electrons. The van der Waals surface area contributed by atoms with Crippen LogP contribution in [0.5, 0.6) is 0 Å². The van der Waals surface area contributed by atoms with Crippen molar-refractivity contribution in [2.24, 2.45) is 5.92 Å². The molecule has 0 bridgehead atoms. The van der Waals surface area contributed by atoms with Gasteiger partial charge in [-0.1, -0.05) is 31.5 Å². The normalized spacial score (nSPS) is 11.8. The summed E-state index contributed by atoms with van der Waals surface area (Å²) in [6, 6.07) is 9.15. The molecule has 1 unspecified atom stereocenters. The predicted octanol–water partition coefficient (Wildman–Crippen LogP) is 2.36. The standard InChI is InChI=1S/C19H22N2O5/c1-11(2)16(21-17(22)13-6-4-12(3)5-7-13)18(23)20-10-14-8-9-15(26-14)19(24)25/h4-9,11,16H,10H2,1-3H3,(H,20,23)(H,21,22)(H,24,25). The molecule has 3 N–H and O–H groups in total. The van der Waals surface area contributed by atoms with Crippen molar-refractivity contribution in [3.63, 3.8) is 0 Å². The molecule has 0 spiro atoms. The lowest BCUT2D eigenvalue weighted by Crippen LogP contribution is -2.49. The zero-order valence-electron chi connectivity index (χ0n) is 14.9. The lowest BCUT2D eigenvalue weighted by Gasteiger charge is -2.21. The van der Waals surface area contributed by atoms with Crippen LogP contribution in [0.2, 0.25) is 0 Å². The number of aromatic carboxylic acids is 1. The number of nitrogens with one attached hydrogen (secondary N) is 2. The van der Waals surface area contributed by atoms with Gasteiger partial charge in [0.05, 0.1) is 6.54 Å². The number of furan rings is 1. The number of benzene rings is 1. The number of hydrogen-bond donors (Lipinski definition) is 3. The van der Waals surface area contributed by atoms with Crippen molar-refractivity contribution < 1.29 is 23.9 Å². The highest BCUT2D eigenvalue weighted by Crippen LogP contribution is 2.09. The van der Waals surface area contributed by atoms with E-state index in [1.54, 1.807) is 12.1 Å². The third-order valence-electron chi connectivity index (χ3n) is 3.86. The van der Waals surface area contributed by atoms with Gasteiger partial charge in [0.25, 0.3) is 5.91 Å². The number of amides is 2. The van der Waals surface area contributed by atoms with Gasteiger partial charge in [-0.15, -0.1) is 0 Å². The van der Waals surface area contributed by atoms with Crippen LogP contribution in [-0.2, 0) is 11.3 Å². The van der Waals surface area contributed by atoms with Crippen LogP contribution in [0, 0.1) is 12.8 Å². The molecule has 1 atom stereocenters. The van der Waals surface area contributed by atoms with Gasteiger partial charge in [-0.2, -0.15) is 0 Å². The van der Waals surface area contributed by atoms with E-state index in [4.69, 9.17) is 9.52 Å². The summed E-state index contributed by atoms with van der Waals surface area (Å²) in [5.41, 5.74) is 1.52. The monoisotopic (exact) mass is 358 g/mol. The lowest BCUT2D eigenvalue weighted by atomic mass is 10.0. The second kappa shape index (κ2) is 8.33. The van der Waals surface area contributed by atoms with Gasteiger partial charge in [-0.05, 0) is 37.1 Å². The number of carboxylic acid groups (broad SMARTS) is 1. The molecule has 0 saturated heterocycles. The second-order valence-corrected chi connectivity index (χ2v) is 6.35. The molecular weight excluding hydrogens is 336 g/mol. The number of rotatable bonds is 7. The molecule has 2 rings (SSSR count). The van der Waals surface area contributed by atoms with Crippen LogP contribution in [0.15, 0.2) is 40.8 Å². The minimum absolute atomic E-state index is 0.0374. The Morgan fingerprint density at radius 3 is 2.27 bits per heavy atom. The van der Waals surface area contributed by atoms with Gasteiger partial charge in [-0.25, -0.2) is 4.79 Å². The van der Waals surface area contributed by atoms with Crippen LogP contribution in [0.3, 0.4) is 0 Å². The third kappa shape index (κ3) is 4.95. The maximum absolute atomic E-state index is 12.4. The fourth-order valence-corrected chi connectivity index (χ4v) is 2.34. The number of hydrogen-bond acceptors (Lipinski definition) is 4. The highest BCUT2D eigenvalue weighted by Gasteiger charge is 2.24. The number of carboxylic acids is 1. The largest absolute Gasteiger partial charge is 0.475 e. The van der Waals surface area contributed by atoms with Crippen LogP contribution < -0.4 is 10.6 Å². The van der Waals surface area contributed by atoms with Gasteiger partial charge in [0.15, 0.2) is 0 Å². The Kier molecular flexibility index (Phi) is 6.16. The van der Waals surface area contributed by atoms with Gasteiger partial charge in [0.2, 0.25) is 11.7 Å². The van der Waals surface area contributed by atoms with Gasteiger partial charge < -0.3 is 20.2 Å². The van der Waals surface area contributed by atoms with E-state index in [0.717, 1.165) is 5.56 Å². The van der Waals surface area contributed by atoms with Crippen molar-refractivity contribution in [2.75, 3.05) is 0 Å². The zero-order chi connectivity index (χ0) is 19.3. The SMILES string of the molecule is Cc1ccc(C(=O)NC(C(=O)NCc2ccc(C(=O)O)o2)C(C)C)cc1. The summed E-state index contributed by atoms with van der Waals surface area (Å²) in [5.74, 6) is -1.87. The molecule has 1 aromatic heterocycles. The summed E-state index contributed by atoms with van der Waals surface area (Å²) in [6.07, 6.45) is 0. The molecule has 2 amide bonds. The van der Waals surface area contributed by atoms with E-state index in [0.29, 0.717) is 11.3 Å². The molecular formula is C19H22N2O5. The van der Waals surface area contributed by atoms with E-state index < -0.39 is 12.0 Å². The second-order valence-electron chi connectivity index (χ2n) is 6.35. The van der Waals surface area contributed by atoms with Crippen LogP contribution in [-0.4, -0.2) is 28.9 Å². The Labute approximate surface area is 151 Å². The Bertz CT molecular complexity index is 793. The highest BCUT2D eigenvalue weighted by molar-refractivity contribution is 5.97. The van der Waals surface area contributed by atoms with Gasteiger partial charge in [0.1, 0.15) is 11.8 Å². The first-order valence-corrected chi connectivity index (χ1v) is 8.25. The van der Waals surface area contributed by atoms with E-state index >= 15 is 0 Å². The smallest absolute Gasteiger partial charge is 0.371 e. The molecule has 7 nitrogen and oxygen atoms in total. The number of aryl methyl sites for hydroxylation is 1. The fraction of sp³-hybridized carbons (Fsp3) is 0.316. The molecule has 0 aliphatic heterocycles. The highest BCUT2D eigenvalue weighted by atomic mass is 16.4. The van der Waals surface area contributed by atoms with Crippen molar-refractivity contribution in [2.45, 2.75) is 33.4 Å². The average Bonchev–Trinajstić information content (AvgIpc) is 3.07. The first-order valence-electron chi connectivity index (χ1n) is 8.25. The molecule has 2 aromatic rings. The first kappa shape index (κ1) is 19.2. The van der Waals surface area contributed by atoms with E-state index in [1.165, 1.54) is 12.1 Å². The molecule has 1 aromatic carbocycles. The molecule has 0 aliphatic carbocycles. The maximum atomic E-state index is 12.4.